The smallest absolute Gasteiger partial charge is 0.262 e. The molecular formula is C12H12BrN3O2. The van der Waals surface area contributed by atoms with E-state index in [1.54, 1.807) is 13.2 Å². The number of hydrogen-bond acceptors (Lipinski definition) is 3. The van der Waals surface area contributed by atoms with Crippen LogP contribution in [0.15, 0.2) is 34.9 Å². The van der Waals surface area contributed by atoms with Gasteiger partial charge in [-0.05, 0) is 18.2 Å². The van der Waals surface area contributed by atoms with Gasteiger partial charge >= 0.3 is 0 Å². The minimum absolute atomic E-state index is 0.252. The van der Waals surface area contributed by atoms with Crippen molar-refractivity contribution < 1.29 is 9.53 Å². The lowest BCUT2D eigenvalue weighted by atomic mass is 10.3. The first-order chi connectivity index (χ1) is 8.60. The van der Waals surface area contributed by atoms with Crippen molar-refractivity contribution >= 4 is 27.5 Å². The van der Waals surface area contributed by atoms with Crippen LogP contribution in [-0.4, -0.2) is 22.8 Å². The molecule has 94 valence electrons. The average molecular weight is 310 g/mol. The molecule has 1 aromatic heterocycles. The molecule has 6 heteroatoms. The van der Waals surface area contributed by atoms with Gasteiger partial charge in [0.25, 0.3) is 5.91 Å². The van der Waals surface area contributed by atoms with Crippen molar-refractivity contribution in [2.45, 2.75) is 0 Å². The Hall–Kier alpha value is -1.82. The highest BCUT2D eigenvalue weighted by Gasteiger charge is 2.16. The van der Waals surface area contributed by atoms with E-state index in [1.165, 1.54) is 11.8 Å². The molecule has 1 heterocycles. The number of nitrogens with one attached hydrogen (secondary N) is 1. The number of halogens is 1. The third-order valence-electron chi connectivity index (χ3n) is 2.32. The van der Waals surface area contributed by atoms with Crippen LogP contribution in [0.1, 0.15) is 10.4 Å². The molecule has 0 saturated heterocycles. The molecule has 0 saturated carbocycles. The van der Waals surface area contributed by atoms with E-state index in [0.717, 1.165) is 4.47 Å². The van der Waals surface area contributed by atoms with Gasteiger partial charge in [-0.15, -0.1) is 5.10 Å². The minimum atomic E-state index is -0.252. The van der Waals surface area contributed by atoms with Gasteiger partial charge in [-0.3, -0.25) is 9.48 Å². The number of anilines is 1. The molecule has 0 unspecified atom stereocenters. The highest BCUT2D eigenvalue weighted by atomic mass is 79.9. The number of benzene rings is 1. The van der Waals surface area contributed by atoms with Crippen molar-refractivity contribution in [1.82, 2.24) is 9.78 Å². The number of carbonyl (C=O) groups is 1. The summed E-state index contributed by atoms with van der Waals surface area (Å²) in [6.45, 7) is 0. The maximum Gasteiger partial charge on any atom is 0.262 e. The van der Waals surface area contributed by atoms with E-state index in [0.29, 0.717) is 17.1 Å². The molecule has 1 aromatic carbocycles. The second-order valence-corrected chi connectivity index (χ2v) is 4.61. The summed E-state index contributed by atoms with van der Waals surface area (Å²) < 4.78 is 7.48. The third kappa shape index (κ3) is 2.70. The van der Waals surface area contributed by atoms with Gasteiger partial charge in [-0.1, -0.05) is 22.0 Å². The van der Waals surface area contributed by atoms with Crippen molar-refractivity contribution in [3.63, 3.8) is 0 Å². The van der Waals surface area contributed by atoms with Crippen LogP contribution in [0.3, 0.4) is 0 Å². The van der Waals surface area contributed by atoms with E-state index in [1.807, 2.05) is 24.3 Å². The lowest BCUT2D eigenvalue weighted by Crippen LogP contribution is -2.12. The summed E-state index contributed by atoms with van der Waals surface area (Å²) >= 11 is 3.35. The van der Waals surface area contributed by atoms with E-state index in [-0.39, 0.29) is 5.91 Å². The molecule has 0 bridgehead atoms. The first kappa shape index (κ1) is 12.6. The van der Waals surface area contributed by atoms with Gasteiger partial charge < -0.3 is 10.1 Å². The average Bonchev–Trinajstić information content (AvgIpc) is 2.70. The van der Waals surface area contributed by atoms with Crippen molar-refractivity contribution in [2.75, 3.05) is 12.4 Å². The summed E-state index contributed by atoms with van der Waals surface area (Å²) in [5.74, 6) is 0.0584. The second-order valence-electron chi connectivity index (χ2n) is 3.69. The zero-order valence-corrected chi connectivity index (χ0v) is 11.6. The number of methoxy groups -OCH3 is 1. The van der Waals surface area contributed by atoms with Gasteiger partial charge in [0, 0.05) is 23.4 Å². The van der Waals surface area contributed by atoms with Gasteiger partial charge in [-0.2, -0.15) is 0 Å². The van der Waals surface area contributed by atoms with E-state index in [2.05, 4.69) is 26.3 Å². The first-order valence-corrected chi connectivity index (χ1v) is 6.04. The number of aromatic nitrogens is 2. The summed E-state index contributed by atoms with van der Waals surface area (Å²) in [5, 5.41) is 6.82. The summed E-state index contributed by atoms with van der Waals surface area (Å²) in [5.41, 5.74) is 1.11. The molecule has 1 N–H and O–H groups in total. The van der Waals surface area contributed by atoms with Crippen molar-refractivity contribution in [2.24, 2.45) is 7.05 Å². The Balaban J connectivity index is 2.21. The molecule has 0 radical (unpaired) electrons. The maximum atomic E-state index is 12.1. The second kappa shape index (κ2) is 5.22. The summed E-state index contributed by atoms with van der Waals surface area (Å²) in [6.07, 6.45) is 1.62. The predicted molar refractivity (Wildman–Crippen MR) is 71.9 cm³/mol. The molecule has 0 spiro atoms. The van der Waals surface area contributed by atoms with Gasteiger partial charge in [0.15, 0.2) is 0 Å². The fraction of sp³-hybridized carbons (Fsp3) is 0.167. The quantitative estimate of drug-likeness (QED) is 0.947. The summed E-state index contributed by atoms with van der Waals surface area (Å²) in [4.78, 5) is 12.1. The molecule has 0 aliphatic carbocycles. The standard InChI is InChI=1S/C12H12BrN3O2/c1-16-7-10(12(15-16)18-2)11(17)14-9-5-3-4-8(13)6-9/h3-7H,1-2H3,(H,14,17). The van der Waals surface area contributed by atoms with Crippen molar-refractivity contribution in [1.29, 1.82) is 0 Å². The van der Waals surface area contributed by atoms with Crippen molar-refractivity contribution in [3.8, 4) is 5.88 Å². The van der Waals surface area contributed by atoms with Crippen LogP contribution in [0.5, 0.6) is 5.88 Å². The molecule has 0 fully saturated rings. The third-order valence-corrected chi connectivity index (χ3v) is 2.81. The molecule has 1 amide bonds. The maximum absolute atomic E-state index is 12.1. The van der Waals surface area contributed by atoms with Crippen LogP contribution in [0.25, 0.3) is 0 Å². The highest BCUT2D eigenvalue weighted by Crippen LogP contribution is 2.19. The van der Waals surface area contributed by atoms with Crippen LogP contribution < -0.4 is 10.1 Å². The normalized spacial score (nSPS) is 10.2. The Morgan fingerprint density at radius 3 is 2.94 bits per heavy atom. The van der Waals surface area contributed by atoms with E-state index >= 15 is 0 Å². The molecule has 5 nitrogen and oxygen atoms in total. The van der Waals surface area contributed by atoms with Crippen LogP contribution in [-0.2, 0) is 7.05 Å². The SMILES string of the molecule is COc1nn(C)cc1C(=O)Nc1cccc(Br)c1. The zero-order chi connectivity index (χ0) is 13.1. The van der Waals surface area contributed by atoms with Gasteiger partial charge in [0.2, 0.25) is 5.88 Å². The van der Waals surface area contributed by atoms with E-state index < -0.39 is 0 Å². The lowest BCUT2D eigenvalue weighted by molar-refractivity contribution is 0.102. The number of aryl methyl sites for hydroxylation is 1. The Kier molecular flexibility index (Phi) is 3.66. The number of carbonyl (C=O) groups excluding carboxylic acids is 1. The van der Waals surface area contributed by atoms with Crippen molar-refractivity contribution in [3.05, 3.63) is 40.5 Å². The summed E-state index contributed by atoms with van der Waals surface area (Å²) in [7, 11) is 3.22. The molecule has 18 heavy (non-hydrogen) atoms. The van der Waals surface area contributed by atoms with Gasteiger partial charge in [0.05, 0.1) is 7.11 Å². The number of hydrogen-bond donors (Lipinski definition) is 1. The Morgan fingerprint density at radius 2 is 2.28 bits per heavy atom. The Bertz CT molecular complexity index is 580. The number of nitrogens with zero attached hydrogens (tertiary/aromatic N) is 2. The predicted octanol–water partition coefficient (Wildman–Crippen LogP) is 2.44. The van der Waals surface area contributed by atoms with Crippen LogP contribution in [0.2, 0.25) is 0 Å². The molecular weight excluding hydrogens is 298 g/mol. The topological polar surface area (TPSA) is 56.2 Å². The Labute approximate surface area is 113 Å². The molecule has 0 atom stereocenters. The van der Waals surface area contributed by atoms with E-state index in [4.69, 9.17) is 4.74 Å². The first-order valence-electron chi connectivity index (χ1n) is 5.24. The van der Waals surface area contributed by atoms with Crippen LogP contribution >= 0.6 is 15.9 Å². The fourth-order valence-corrected chi connectivity index (χ4v) is 1.94. The minimum Gasteiger partial charge on any atom is -0.479 e. The lowest BCUT2D eigenvalue weighted by Gasteiger charge is -2.04. The number of rotatable bonds is 3. The van der Waals surface area contributed by atoms with Crippen LogP contribution in [0.4, 0.5) is 5.69 Å². The van der Waals surface area contributed by atoms with Gasteiger partial charge in [0.1, 0.15) is 5.56 Å². The number of ether oxygens (including phenoxy) is 1. The van der Waals surface area contributed by atoms with Gasteiger partial charge in [-0.25, -0.2) is 0 Å². The molecule has 0 aliphatic heterocycles. The molecule has 2 rings (SSSR count). The highest BCUT2D eigenvalue weighted by molar-refractivity contribution is 9.10. The summed E-state index contributed by atoms with van der Waals surface area (Å²) in [6, 6.07) is 7.37. The fourth-order valence-electron chi connectivity index (χ4n) is 1.54. The number of amides is 1. The van der Waals surface area contributed by atoms with E-state index in [9.17, 15) is 4.79 Å². The molecule has 2 aromatic rings. The molecule has 0 aliphatic rings. The Morgan fingerprint density at radius 1 is 1.50 bits per heavy atom. The monoisotopic (exact) mass is 309 g/mol. The largest absolute Gasteiger partial charge is 0.479 e. The zero-order valence-electron chi connectivity index (χ0n) is 9.98. The van der Waals surface area contributed by atoms with Crippen LogP contribution in [0, 0.1) is 0 Å².